The van der Waals surface area contributed by atoms with Crippen molar-refractivity contribution in [3.8, 4) is 0 Å². The fraction of sp³-hybridized carbons (Fsp3) is 0.550. The first-order chi connectivity index (χ1) is 12.2. The van der Waals surface area contributed by atoms with Crippen molar-refractivity contribution in [3.05, 3.63) is 41.0 Å². The van der Waals surface area contributed by atoms with Crippen molar-refractivity contribution in [1.29, 1.82) is 0 Å². The fourth-order valence-electron chi connectivity index (χ4n) is 2.98. The van der Waals surface area contributed by atoms with Crippen LogP contribution in [0.15, 0.2) is 23.8 Å². The number of ether oxygens (including phenoxy) is 1. The van der Waals surface area contributed by atoms with E-state index in [1.807, 2.05) is 27.7 Å². The topological polar surface area (TPSA) is 41.6 Å². The summed E-state index contributed by atoms with van der Waals surface area (Å²) < 4.78 is 32.1. The first-order valence-electron chi connectivity index (χ1n) is 8.98. The van der Waals surface area contributed by atoms with Gasteiger partial charge in [0.05, 0.1) is 0 Å². The van der Waals surface area contributed by atoms with Gasteiger partial charge in [0.25, 0.3) is 0 Å². The molecule has 4 nitrogen and oxygen atoms in total. The highest BCUT2D eigenvalue weighted by molar-refractivity contribution is 5.69. The molecule has 0 unspecified atom stereocenters. The standard InChI is InChI=1S/C20H28F2N2O2/c1-14(10-15-7-8-16(21)11-18(15)22)12-23-13-17-6-5-9-24(17)19(25)26-20(2,3)4/h7-8,10-11,17,23H,5-6,9,12-13H2,1-4H3/b14-10+/t17-/m0/s1. The molecule has 0 bridgehead atoms. The Balaban J connectivity index is 1.86. The zero-order chi connectivity index (χ0) is 19.3. The molecule has 0 aliphatic carbocycles. The number of hydrogen-bond acceptors (Lipinski definition) is 3. The molecule has 0 saturated carbocycles. The van der Waals surface area contributed by atoms with Gasteiger partial charge in [0.1, 0.15) is 17.2 Å². The van der Waals surface area contributed by atoms with Crippen molar-refractivity contribution < 1.29 is 18.3 Å². The smallest absolute Gasteiger partial charge is 0.410 e. The Morgan fingerprint density at radius 2 is 2.12 bits per heavy atom. The normalized spacial score (nSPS) is 18.3. The average molecular weight is 366 g/mol. The maximum absolute atomic E-state index is 13.7. The molecule has 1 aromatic rings. The lowest BCUT2D eigenvalue weighted by Crippen LogP contribution is -2.44. The third-order valence-corrected chi connectivity index (χ3v) is 4.15. The number of rotatable bonds is 5. The molecule has 2 rings (SSSR count). The molecule has 1 N–H and O–H groups in total. The molecule has 1 heterocycles. The molecule has 1 amide bonds. The van der Waals surface area contributed by atoms with E-state index in [2.05, 4.69) is 5.32 Å². The lowest BCUT2D eigenvalue weighted by molar-refractivity contribution is 0.0227. The Labute approximate surface area is 154 Å². The number of carbonyl (C=O) groups excluding carboxylic acids is 1. The zero-order valence-corrected chi connectivity index (χ0v) is 15.9. The number of hydrogen-bond donors (Lipinski definition) is 1. The second-order valence-corrected chi connectivity index (χ2v) is 7.76. The van der Waals surface area contributed by atoms with Crippen LogP contribution in [0.2, 0.25) is 0 Å². The van der Waals surface area contributed by atoms with Gasteiger partial charge in [-0.15, -0.1) is 0 Å². The Bertz CT molecular complexity index is 668. The molecule has 0 spiro atoms. The molecule has 0 radical (unpaired) electrons. The van der Waals surface area contributed by atoms with Crippen LogP contribution in [0.25, 0.3) is 6.08 Å². The van der Waals surface area contributed by atoms with E-state index in [-0.39, 0.29) is 12.1 Å². The van der Waals surface area contributed by atoms with Crippen LogP contribution in [-0.2, 0) is 4.74 Å². The molecular weight excluding hydrogens is 338 g/mol. The second-order valence-electron chi connectivity index (χ2n) is 7.76. The molecule has 1 aliphatic heterocycles. The number of carbonyl (C=O) groups is 1. The first-order valence-corrected chi connectivity index (χ1v) is 8.98. The number of amides is 1. The summed E-state index contributed by atoms with van der Waals surface area (Å²) in [6, 6.07) is 3.65. The van der Waals surface area contributed by atoms with Crippen molar-refractivity contribution in [2.45, 2.75) is 52.2 Å². The summed E-state index contributed by atoms with van der Waals surface area (Å²) in [5.74, 6) is -1.16. The fourth-order valence-corrected chi connectivity index (χ4v) is 2.98. The first kappa shape index (κ1) is 20.4. The van der Waals surface area contributed by atoms with E-state index in [0.29, 0.717) is 25.2 Å². The number of nitrogens with zero attached hydrogens (tertiary/aromatic N) is 1. The minimum absolute atomic E-state index is 0.0974. The van der Waals surface area contributed by atoms with Gasteiger partial charge in [0, 0.05) is 37.3 Å². The maximum Gasteiger partial charge on any atom is 0.410 e. The lowest BCUT2D eigenvalue weighted by atomic mass is 10.1. The van der Waals surface area contributed by atoms with Gasteiger partial charge in [-0.1, -0.05) is 11.6 Å². The van der Waals surface area contributed by atoms with Crippen LogP contribution >= 0.6 is 0 Å². The summed E-state index contributed by atoms with van der Waals surface area (Å²) in [7, 11) is 0. The molecule has 144 valence electrons. The lowest BCUT2D eigenvalue weighted by Gasteiger charge is -2.28. The van der Waals surface area contributed by atoms with Gasteiger partial charge >= 0.3 is 6.09 Å². The van der Waals surface area contributed by atoms with Crippen LogP contribution in [0.1, 0.15) is 46.1 Å². The quantitative estimate of drug-likeness (QED) is 0.842. The minimum atomic E-state index is -0.584. The Morgan fingerprint density at radius 3 is 2.77 bits per heavy atom. The van der Waals surface area contributed by atoms with Crippen LogP contribution in [-0.4, -0.2) is 42.3 Å². The van der Waals surface area contributed by atoms with E-state index in [9.17, 15) is 13.6 Å². The molecule has 1 aromatic carbocycles. The van der Waals surface area contributed by atoms with Gasteiger partial charge in [0.15, 0.2) is 0 Å². The van der Waals surface area contributed by atoms with E-state index in [0.717, 1.165) is 24.5 Å². The predicted molar refractivity (Wildman–Crippen MR) is 98.8 cm³/mol. The number of nitrogens with one attached hydrogen (secondary N) is 1. The van der Waals surface area contributed by atoms with Gasteiger partial charge in [-0.3, -0.25) is 0 Å². The highest BCUT2D eigenvalue weighted by Crippen LogP contribution is 2.20. The predicted octanol–water partition coefficient (Wildman–Crippen LogP) is 4.36. The molecule has 1 saturated heterocycles. The van der Waals surface area contributed by atoms with E-state index < -0.39 is 17.2 Å². The van der Waals surface area contributed by atoms with Gasteiger partial charge in [0.2, 0.25) is 0 Å². The van der Waals surface area contributed by atoms with Crippen LogP contribution in [0.4, 0.5) is 13.6 Å². The molecule has 26 heavy (non-hydrogen) atoms. The number of benzene rings is 1. The maximum atomic E-state index is 13.7. The summed E-state index contributed by atoms with van der Waals surface area (Å²) in [6.45, 7) is 9.38. The van der Waals surface area contributed by atoms with Crippen LogP contribution in [0, 0.1) is 11.6 Å². The largest absolute Gasteiger partial charge is 0.444 e. The van der Waals surface area contributed by atoms with Crippen molar-refractivity contribution in [1.82, 2.24) is 10.2 Å². The van der Waals surface area contributed by atoms with Gasteiger partial charge in [-0.25, -0.2) is 13.6 Å². The van der Waals surface area contributed by atoms with Gasteiger partial charge < -0.3 is 15.0 Å². The van der Waals surface area contributed by atoms with E-state index in [4.69, 9.17) is 4.74 Å². The SMILES string of the molecule is C/C(=C\c1ccc(F)cc1F)CNC[C@@H]1CCCN1C(=O)OC(C)(C)C. The molecule has 0 aromatic heterocycles. The Hall–Kier alpha value is -1.95. The number of halogens is 2. The van der Waals surface area contributed by atoms with E-state index in [1.165, 1.54) is 12.1 Å². The molecular formula is C20H28F2N2O2. The zero-order valence-electron chi connectivity index (χ0n) is 15.9. The highest BCUT2D eigenvalue weighted by Gasteiger charge is 2.31. The average Bonchev–Trinajstić information content (AvgIpc) is 2.97. The monoisotopic (exact) mass is 366 g/mol. The Morgan fingerprint density at radius 1 is 1.38 bits per heavy atom. The summed E-state index contributed by atoms with van der Waals surface area (Å²) in [5, 5.41) is 3.31. The summed E-state index contributed by atoms with van der Waals surface area (Å²) in [5.41, 5.74) is 0.787. The van der Waals surface area contributed by atoms with Crippen molar-refractivity contribution in [2.75, 3.05) is 19.6 Å². The second kappa shape index (κ2) is 8.62. The molecule has 6 heteroatoms. The van der Waals surface area contributed by atoms with E-state index in [1.54, 1.807) is 11.0 Å². The van der Waals surface area contributed by atoms with Crippen LogP contribution < -0.4 is 5.32 Å². The Kier molecular flexibility index (Phi) is 6.75. The van der Waals surface area contributed by atoms with Crippen LogP contribution in [0.5, 0.6) is 0 Å². The van der Waals surface area contributed by atoms with Gasteiger partial charge in [-0.2, -0.15) is 0 Å². The van der Waals surface area contributed by atoms with Gasteiger partial charge in [-0.05, 0) is 52.7 Å². The minimum Gasteiger partial charge on any atom is -0.444 e. The third kappa shape index (κ3) is 6.09. The molecule has 1 fully saturated rings. The summed E-state index contributed by atoms with van der Waals surface area (Å²) in [4.78, 5) is 14.0. The van der Waals surface area contributed by atoms with Crippen molar-refractivity contribution in [3.63, 3.8) is 0 Å². The third-order valence-electron chi connectivity index (χ3n) is 4.15. The van der Waals surface area contributed by atoms with Crippen molar-refractivity contribution in [2.24, 2.45) is 0 Å². The molecule has 1 atom stereocenters. The van der Waals surface area contributed by atoms with E-state index >= 15 is 0 Å². The summed E-state index contributed by atoms with van der Waals surface area (Å²) >= 11 is 0. The molecule has 1 aliphatic rings. The van der Waals surface area contributed by atoms with Crippen molar-refractivity contribution >= 4 is 12.2 Å². The summed E-state index contributed by atoms with van der Waals surface area (Å²) in [6.07, 6.45) is 3.31. The highest BCUT2D eigenvalue weighted by atomic mass is 19.1. The number of likely N-dealkylation sites (tertiary alicyclic amines) is 1. The van der Waals surface area contributed by atoms with Crippen LogP contribution in [0.3, 0.4) is 0 Å².